The van der Waals surface area contributed by atoms with Crippen LogP contribution < -0.4 is 5.32 Å². The van der Waals surface area contributed by atoms with Crippen LogP contribution in [-0.4, -0.2) is 21.5 Å². The molecule has 1 aliphatic rings. The standard InChI is InChI=1S/C12H18F3N3/c1-3-9(2)18-7-4-10(17-18)8-16-11(5-6-11)12(13,14)15/h4,7,9,16H,3,5-6,8H2,1-2H3. The van der Waals surface area contributed by atoms with Crippen molar-refractivity contribution in [2.45, 2.75) is 57.4 Å². The highest BCUT2D eigenvalue weighted by Gasteiger charge is 2.62. The summed E-state index contributed by atoms with van der Waals surface area (Å²) >= 11 is 0. The minimum atomic E-state index is -4.16. The van der Waals surface area contributed by atoms with Crippen LogP contribution in [0.5, 0.6) is 0 Å². The molecule has 0 spiro atoms. The molecule has 1 aliphatic carbocycles. The second-order valence-corrected chi connectivity index (χ2v) is 4.98. The molecule has 0 saturated heterocycles. The zero-order valence-corrected chi connectivity index (χ0v) is 10.6. The average molecular weight is 261 g/mol. The van der Waals surface area contributed by atoms with E-state index in [1.807, 2.05) is 20.0 Å². The Morgan fingerprint density at radius 3 is 2.67 bits per heavy atom. The molecule has 1 fully saturated rings. The van der Waals surface area contributed by atoms with E-state index in [2.05, 4.69) is 10.4 Å². The van der Waals surface area contributed by atoms with Crippen molar-refractivity contribution in [2.75, 3.05) is 0 Å². The first-order chi connectivity index (χ1) is 8.38. The first-order valence-corrected chi connectivity index (χ1v) is 6.24. The summed E-state index contributed by atoms with van der Waals surface area (Å²) in [6.45, 7) is 4.25. The van der Waals surface area contributed by atoms with Gasteiger partial charge in [-0.1, -0.05) is 6.92 Å². The minimum Gasteiger partial charge on any atom is -0.298 e. The average Bonchev–Trinajstić information content (AvgIpc) is 2.97. The topological polar surface area (TPSA) is 29.9 Å². The highest BCUT2D eigenvalue weighted by atomic mass is 19.4. The molecule has 0 radical (unpaired) electrons. The van der Waals surface area contributed by atoms with E-state index in [1.165, 1.54) is 0 Å². The van der Waals surface area contributed by atoms with Gasteiger partial charge in [-0.15, -0.1) is 0 Å². The Hall–Kier alpha value is -1.04. The molecule has 1 aromatic heterocycles. The fourth-order valence-corrected chi connectivity index (χ4v) is 1.85. The van der Waals surface area contributed by atoms with Gasteiger partial charge in [0.25, 0.3) is 0 Å². The van der Waals surface area contributed by atoms with E-state index in [4.69, 9.17) is 0 Å². The van der Waals surface area contributed by atoms with Gasteiger partial charge in [-0.2, -0.15) is 18.3 Å². The molecular formula is C12H18F3N3. The van der Waals surface area contributed by atoms with Gasteiger partial charge in [0.05, 0.1) is 5.69 Å². The minimum absolute atomic E-state index is 0.169. The Morgan fingerprint density at radius 1 is 1.50 bits per heavy atom. The zero-order chi connectivity index (χ0) is 13.4. The normalized spacial score (nSPS) is 19.8. The molecule has 1 saturated carbocycles. The van der Waals surface area contributed by atoms with E-state index < -0.39 is 11.7 Å². The number of rotatable bonds is 5. The first-order valence-electron chi connectivity index (χ1n) is 6.24. The third kappa shape index (κ3) is 2.53. The van der Waals surface area contributed by atoms with E-state index in [0.29, 0.717) is 5.69 Å². The quantitative estimate of drug-likeness (QED) is 0.883. The van der Waals surface area contributed by atoms with E-state index in [-0.39, 0.29) is 25.4 Å². The van der Waals surface area contributed by atoms with Crippen LogP contribution in [0, 0.1) is 0 Å². The summed E-state index contributed by atoms with van der Waals surface area (Å²) in [5.74, 6) is 0. The fourth-order valence-electron chi connectivity index (χ4n) is 1.85. The third-order valence-corrected chi connectivity index (χ3v) is 3.61. The molecule has 3 nitrogen and oxygen atoms in total. The van der Waals surface area contributed by atoms with E-state index in [9.17, 15) is 13.2 Å². The lowest BCUT2D eigenvalue weighted by Crippen LogP contribution is -2.44. The van der Waals surface area contributed by atoms with Crippen molar-refractivity contribution in [3.63, 3.8) is 0 Å². The van der Waals surface area contributed by atoms with Crippen molar-refractivity contribution in [1.29, 1.82) is 0 Å². The Bertz CT molecular complexity index is 407. The Labute approximate surface area is 104 Å². The monoisotopic (exact) mass is 261 g/mol. The SMILES string of the molecule is CCC(C)n1ccc(CNC2(C(F)(F)F)CC2)n1. The largest absolute Gasteiger partial charge is 0.406 e. The molecule has 0 aromatic carbocycles. The van der Waals surface area contributed by atoms with Crippen LogP contribution in [-0.2, 0) is 6.54 Å². The van der Waals surface area contributed by atoms with Crippen molar-refractivity contribution in [2.24, 2.45) is 0 Å². The van der Waals surface area contributed by atoms with Gasteiger partial charge < -0.3 is 0 Å². The van der Waals surface area contributed by atoms with Gasteiger partial charge in [0.15, 0.2) is 0 Å². The van der Waals surface area contributed by atoms with Crippen LogP contribution in [0.3, 0.4) is 0 Å². The lowest BCUT2D eigenvalue weighted by Gasteiger charge is -2.20. The summed E-state index contributed by atoms with van der Waals surface area (Å²) in [4.78, 5) is 0. The van der Waals surface area contributed by atoms with Crippen LogP contribution in [0.2, 0.25) is 0 Å². The summed E-state index contributed by atoms with van der Waals surface area (Å²) in [7, 11) is 0. The molecule has 6 heteroatoms. The van der Waals surface area contributed by atoms with Crippen molar-refractivity contribution >= 4 is 0 Å². The number of hydrogen-bond donors (Lipinski definition) is 1. The second kappa shape index (κ2) is 4.57. The lowest BCUT2D eigenvalue weighted by atomic mass is 10.2. The Morgan fingerprint density at radius 2 is 2.17 bits per heavy atom. The van der Waals surface area contributed by atoms with Gasteiger partial charge in [0.2, 0.25) is 0 Å². The number of halogens is 3. The summed E-state index contributed by atoms with van der Waals surface area (Å²) < 4.78 is 39.9. The van der Waals surface area contributed by atoms with Crippen LogP contribution >= 0.6 is 0 Å². The summed E-state index contributed by atoms with van der Waals surface area (Å²) in [6.07, 6.45) is -1.06. The lowest BCUT2D eigenvalue weighted by molar-refractivity contribution is -0.166. The maximum atomic E-state index is 12.7. The molecule has 102 valence electrons. The van der Waals surface area contributed by atoms with Gasteiger partial charge in [-0.25, -0.2) is 0 Å². The van der Waals surface area contributed by atoms with Crippen molar-refractivity contribution in [3.8, 4) is 0 Å². The summed E-state index contributed by atoms with van der Waals surface area (Å²) in [6, 6.07) is 2.04. The van der Waals surface area contributed by atoms with E-state index in [0.717, 1.165) is 6.42 Å². The maximum Gasteiger partial charge on any atom is 0.406 e. The van der Waals surface area contributed by atoms with Gasteiger partial charge >= 0.3 is 6.18 Å². The number of alkyl halides is 3. The summed E-state index contributed by atoms with van der Waals surface area (Å²) in [5, 5.41) is 6.88. The number of nitrogens with zero attached hydrogens (tertiary/aromatic N) is 2. The van der Waals surface area contributed by atoms with Gasteiger partial charge in [-0.05, 0) is 32.3 Å². The fraction of sp³-hybridized carbons (Fsp3) is 0.750. The number of aromatic nitrogens is 2. The predicted octanol–water partition coefficient (Wildman–Crippen LogP) is 3.04. The third-order valence-electron chi connectivity index (χ3n) is 3.61. The Balaban J connectivity index is 1.93. The molecule has 1 heterocycles. The second-order valence-electron chi connectivity index (χ2n) is 4.98. The molecule has 1 unspecified atom stereocenters. The predicted molar refractivity (Wildman–Crippen MR) is 62.1 cm³/mol. The maximum absolute atomic E-state index is 12.7. The molecular weight excluding hydrogens is 243 g/mol. The van der Waals surface area contributed by atoms with E-state index in [1.54, 1.807) is 10.7 Å². The van der Waals surface area contributed by atoms with Crippen molar-refractivity contribution in [3.05, 3.63) is 18.0 Å². The van der Waals surface area contributed by atoms with Crippen LogP contribution in [0.15, 0.2) is 12.3 Å². The summed E-state index contributed by atoms with van der Waals surface area (Å²) in [5.41, 5.74) is -1.00. The van der Waals surface area contributed by atoms with Gasteiger partial charge in [0, 0.05) is 18.8 Å². The van der Waals surface area contributed by atoms with Crippen LogP contribution in [0.1, 0.15) is 44.8 Å². The van der Waals surface area contributed by atoms with Gasteiger partial charge in [0.1, 0.15) is 5.54 Å². The molecule has 0 amide bonds. The van der Waals surface area contributed by atoms with Crippen LogP contribution in [0.25, 0.3) is 0 Å². The molecule has 0 aliphatic heterocycles. The molecule has 1 N–H and O–H groups in total. The molecule has 1 aromatic rings. The van der Waals surface area contributed by atoms with Crippen LogP contribution in [0.4, 0.5) is 13.2 Å². The highest BCUT2D eigenvalue weighted by Crippen LogP contribution is 2.48. The first kappa shape index (κ1) is 13.4. The zero-order valence-electron chi connectivity index (χ0n) is 10.6. The van der Waals surface area contributed by atoms with E-state index >= 15 is 0 Å². The Kier molecular flexibility index (Phi) is 3.40. The smallest absolute Gasteiger partial charge is 0.298 e. The molecule has 1 atom stereocenters. The highest BCUT2D eigenvalue weighted by molar-refractivity contribution is 5.10. The molecule has 0 bridgehead atoms. The van der Waals surface area contributed by atoms with Crippen molar-refractivity contribution < 1.29 is 13.2 Å². The number of nitrogens with one attached hydrogen (secondary N) is 1. The molecule has 2 rings (SSSR count). The van der Waals surface area contributed by atoms with Crippen molar-refractivity contribution in [1.82, 2.24) is 15.1 Å². The van der Waals surface area contributed by atoms with Gasteiger partial charge in [-0.3, -0.25) is 10.00 Å². The molecule has 18 heavy (non-hydrogen) atoms. The number of hydrogen-bond acceptors (Lipinski definition) is 2.